The number of hydrogen-bond acceptors (Lipinski definition) is 4. The Morgan fingerprint density at radius 1 is 1.35 bits per heavy atom. The summed E-state index contributed by atoms with van der Waals surface area (Å²) in [6.45, 7) is 0.955. The van der Waals surface area contributed by atoms with Gasteiger partial charge in [0.1, 0.15) is 5.78 Å². The predicted molar refractivity (Wildman–Crippen MR) is 75.3 cm³/mol. The smallest absolute Gasteiger partial charge is 0.145 e. The molecule has 5 nitrogen and oxygen atoms in total. The van der Waals surface area contributed by atoms with Crippen molar-refractivity contribution in [2.75, 3.05) is 13.2 Å². The molecule has 0 aromatic carbocycles. The van der Waals surface area contributed by atoms with Crippen LogP contribution in [-0.2, 0) is 16.0 Å². The van der Waals surface area contributed by atoms with Gasteiger partial charge in [-0.05, 0) is 18.9 Å². The molecule has 0 bridgehead atoms. The summed E-state index contributed by atoms with van der Waals surface area (Å²) in [4.78, 5) is 12.2. The monoisotopic (exact) mass is 277 g/mol. The second-order valence-electron chi connectivity index (χ2n) is 6.03. The number of rotatable bonds is 4. The number of nitrogens with two attached hydrogens (primary N) is 1. The molecule has 2 aliphatic rings. The Morgan fingerprint density at radius 3 is 2.85 bits per heavy atom. The number of aromatic nitrogens is 2. The molecule has 1 saturated carbocycles. The first kappa shape index (κ1) is 13.8. The SMILES string of the molecule is NC1COCC1C(=O)Cc1ccn(C2CCCCC2)n1. The number of ketones is 1. The zero-order chi connectivity index (χ0) is 13.9. The number of nitrogens with zero attached hydrogens (tertiary/aromatic N) is 2. The molecule has 2 unspecified atom stereocenters. The van der Waals surface area contributed by atoms with Gasteiger partial charge in [-0.25, -0.2) is 0 Å². The quantitative estimate of drug-likeness (QED) is 0.905. The van der Waals surface area contributed by atoms with Gasteiger partial charge in [0.15, 0.2) is 0 Å². The van der Waals surface area contributed by atoms with Crippen molar-refractivity contribution in [3.05, 3.63) is 18.0 Å². The van der Waals surface area contributed by atoms with Gasteiger partial charge in [-0.2, -0.15) is 5.10 Å². The number of carbonyl (C=O) groups excluding carboxylic acids is 1. The molecule has 0 spiro atoms. The van der Waals surface area contributed by atoms with Crippen molar-refractivity contribution in [2.24, 2.45) is 11.7 Å². The normalized spacial score (nSPS) is 27.9. The third-order valence-corrected chi connectivity index (χ3v) is 4.51. The summed E-state index contributed by atoms with van der Waals surface area (Å²) in [6, 6.07) is 2.33. The van der Waals surface area contributed by atoms with Crippen molar-refractivity contribution in [3.8, 4) is 0 Å². The van der Waals surface area contributed by atoms with Gasteiger partial charge in [0.05, 0.1) is 37.3 Å². The summed E-state index contributed by atoms with van der Waals surface area (Å²) in [7, 11) is 0. The van der Waals surface area contributed by atoms with Gasteiger partial charge < -0.3 is 10.5 Å². The molecule has 110 valence electrons. The van der Waals surface area contributed by atoms with Gasteiger partial charge in [-0.3, -0.25) is 9.48 Å². The molecule has 0 amide bonds. The van der Waals surface area contributed by atoms with Crippen LogP contribution in [0.5, 0.6) is 0 Å². The zero-order valence-electron chi connectivity index (χ0n) is 11.8. The molecule has 3 rings (SSSR count). The molecule has 1 aromatic rings. The van der Waals surface area contributed by atoms with Crippen LogP contribution in [0.2, 0.25) is 0 Å². The maximum atomic E-state index is 12.2. The van der Waals surface area contributed by atoms with E-state index in [-0.39, 0.29) is 17.7 Å². The number of hydrogen-bond donors (Lipinski definition) is 1. The summed E-state index contributed by atoms with van der Waals surface area (Å²) in [5.41, 5.74) is 6.75. The van der Waals surface area contributed by atoms with E-state index in [2.05, 4.69) is 5.10 Å². The highest BCUT2D eigenvalue weighted by Gasteiger charge is 2.31. The van der Waals surface area contributed by atoms with Crippen LogP contribution >= 0.6 is 0 Å². The molecule has 2 atom stereocenters. The lowest BCUT2D eigenvalue weighted by Crippen LogP contribution is -2.35. The Balaban J connectivity index is 1.60. The van der Waals surface area contributed by atoms with Crippen LogP contribution < -0.4 is 5.73 Å². The molecule has 1 aliphatic carbocycles. The molecule has 1 saturated heterocycles. The van der Waals surface area contributed by atoms with E-state index >= 15 is 0 Å². The minimum absolute atomic E-state index is 0.150. The van der Waals surface area contributed by atoms with Crippen LogP contribution in [0.1, 0.15) is 43.8 Å². The lowest BCUT2D eigenvalue weighted by Gasteiger charge is -2.21. The summed E-state index contributed by atoms with van der Waals surface area (Å²) >= 11 is 0. The minimum Gasteiger partial charge on any atom is -0.379 e. The molecule has 20 heavy (non-hydrogen) atoms. The van der Waals surface area contributed by atoms with Crippen LogP contribution in [0.25, 0.3) is 0 Å². The molecule has 2 N–H and O–H groups in total. The molecule has 1 aromatic heterocycles. The zero-order valence-corrected chi connectivity index (χ0v) is 11.8. The Hall–Kier alpha value is -1.20. The lowest BCUT2D eigenvalue weighted by atomic mass is 9.96. The highest BCUT2D eigenvalue weighted by Crippen LogP contribution is 2.27. The van der Waals surface area contributed by atoms with Crippen molar-refractivity contribution < 1.29 is 9.53 Å². The van der Waals surface area contributed by atoms with E-state index < -0.39 is 0 Å². The van der Waals surface area contributed by atoms with E-state index in [1.54, 1.807) is 0 Å². The highest BCUT2D eigenvalue weighted by molar-refractivity contribution is 5.83. The molecule has 5 heteroatoms. The summed E-state index contributed by atoms with van der Waals surface area (Å²) in [5, 5.41) is 4.58. The topological polar surface area (TPSA) is 70.1 Å². The predicted octanol–water partition coefficient (Wildman–Crippen LogP) is 1.47. The molecular formula is C15H23N3O2. The fourth-order valence-corrected chi connectivity index (χ4v) is 3.23. The minimum atomic E-state index is -0.158. The second-order valence-corrected chi connectivity index (χ2v) is 6.03. The van der Waals surface area contributed by atoms with Gasteiger partial charge in [-0.15, -0.1) is 0 Å². The maximum absolute atomic E-state index is 12.2. The Labute approximate surface area is 119 Å². The largest absolute Gasteiger partial charge is 0.379 e. The van der Waals surface area contributed by atoms with Crippen LogP contribution in [0.4, 0.5) is 0 Å². The lowest BCUT2D eigenvalue weighted by molar-refractivity contribution is -0.122. The fraction of sp³-hybridized carbons (Fsp3) is 0.733. The van der Waals surface area contributed by atoms with Crippen molar-refractivity contribution in [1.82, 2.24) is 9.78 Å². The fourth-order valence-electron chi connectivity index (χ4n) is 3.23. The van der Waals surface area contributed by atoms with E-state index in [0.29, 0.717) is 25.7 Å². The first-order valence-corrected chi connectivity index (χ1v) is 7.64. The van der Waals surface area contributed by atoms with Crippen LogP contribution in [0.15, 0.2) is 12.3 Å². The van der Waals surface area contributed by atoms with E-state index in [9.17, 15) is 4.79 Å². The second kappa shape index (κ2) is 6.06. The van der Waals surface area contributed by atoms with Crippen molar-refractivity contribution in [3.63, 3.8) is 0 Å². The number of carbonyl (C=O) groups is 1. The third-order valence-electron chi connectivity index (χ3n) is 4.51. The Bertz CT molecular complexity index is 465. The maximum Gasteiger partial charge on any atom is 0.145 e. The Morgan fingerprint density at radius 2 is 2.15 bits per heavy atom. The number of Topliss-reactive ketones (excluding diaryl/α,β-unsaturated/α-hetero) is 1. The van der Waals surface area contributed by atoms with Gasteiger partial charge >= 0.3 is 0 Å². The molecule has 2 heterocycles. The summed E-state index contributed by atoms with van der Waals surface area (Å²) in [6.07, 6.45) is 8.71. The Kier molecular flexibility index (Phi) is 4.17. The summed E-state index contributed by atoms with van der Waals surface area (Å²) in [5.74, 6) is -0.00118. The molecule has 1 aliphatic heterocycles. The first-order chi connectivity index (χ1) is 9.74. The van der Waals surface area contributed by atoms with E-state index in [1.165, 1.54) is 32.1 Å². The van der Waals surface area contributed by atoms with Crippen LogP contribution in [0.3, 0.4) is 0 Å². The summed E-state index contributed by atoms with van der Waals surface area (Å²) < 4.78 is 7.31. The highest BCUT2D eigenvalue weighted by atomic mass is 16.5. The molecule has 2 fully saturated rings. The van der Waals surface area contributed by atoms with Crippen molar-refractivity contribution in [1.29, 1.82) is 0 Å². The third kappa shape index (κ3) is 2.94. The van der Waals surface area contributed by atoms with E-state index in [4.69, 9.17) is 10.5 Å². The molecule has 0 radical (unpaired) electrons. The van der Waals surface area contributed by atoms with E-state index in [1.807, 2.05) is 16.9 Å². The van der Waals surface area contributed by atoms with Gasteiger partial charge in [0, 0.05) is 12.2 Å². The first-order valence-electron chi connectivity index (χ1n) is 7.64. The standard InChI is InChI=1S/C15H23N3O2/c16-14-10-20-9-13(14)15(19)8-11-6-7-18(17-11)12-4-2-1-3-5-12/h6-7,12-14H,1-5,8-10,16H2. The van der Waals surface area contributed by atoms with Crippen LogP contribution in [-0.4, -0.2) is 34.8 Å². The average molecular weight is 277 g/mol. The van der Waals surface area contributed by atoms with Crippen molar-refractivity contribution in [2.45, 2.75) is 50.6 Å². The molecular weight excluding hydrogens is 254 g/mol. The van der Waals surface area contributed by atoms with Crippen LogP contribution in [0, 0.1) is 5.92 Å². The van der Waals surface area contributed by atoms with Gasteiger partial charge in [0.25, 0.3) is 0 Å². The van der Waals surface area contributed by atoms with E-state index in [0.717, 1.165) is 5.69 Å². The van der Waals surface area contributed by atoms with Gasteiger partial charge in [-0.1, -0.05) is 19.3 Å². The average Bonchev–Trinajstić information content (AvgIpc) is 3.09. The van der Waals surface area contributed by atoms with Crippen molar-refractivity contribution >= 4 is 5.78 Å². The van der Waals surface area contributed by atoms with Gasteiger partial charge in [0.2, 0.25) is 0 Å². The number of ether oxygens (including phenoxy) is 1.